The van der Waals surface area contributed by atoms with E-state index in [9.17, 15) is 4.79 Å². The van der Waals surface area contributed by atoms with Gasteiger partial charge < -0.3 is 9.63 Å². The van der Waals surface area contributed by atoms with Gasteiger partial charge in [-0.25, -0.2) is 4.79 Å². The Hall–Kier alpha value is -1.59. The minimum atomic E-state index is -1.29. The maximum atomic E-state index is 10.6. The largest absolute Gasteiger partial charge is 0.474 e. The second-order valence-corrected chi connectivity index (χ2v) is 4.15. The van der Waals surface area contributed by atoms with E-state index in [1.54, 1.807) is 13.0 Å². The van der Waals surface area contributed by atoms with E-state index in [1.807, 2.05) is 0 Å². The molecular formula is C10H6Cl2N2O3. The first-order valence-corrected chi connectivity index (χ1v) is 5.27. The number of benzene rings is 1. The molecule has 0 amide bonds. The second-order valence-electron chi connectivity index (χ2n) is 3.31. The number of rotatable bonds is 2. The van der Waals surface area contributed by atoms with Crippen molar-refractivity contribution in [1.29, 1.82) is 0 Å². The summed E-state index contributed by atoms with van der Waals surface area (Å²) in [6, 6.07) is 3.21. The predicted molar refractivity (Wildman–Crippen MR) is 61.5 cm³/mol. The van der Waals surface area contributed by atoms with Gasteiger partial charge in [-0.05, 0) is 24.6 Å². The van der Waals surface area contributed by atoms with Gasteiger partial charge in [0, 0.05) is 10.6 Å². The highest BCUT2D eigenvalue weighted by Gasteiger charge is 2.18. The first kappa shape index (κ1) is 11.9. The van der Waals surface area contributed by atoms with E-state index in [1.165, 1.54) is 6.07 Å². The average molecular weight is 273 g/mol. The first-order valence-electron chi connectivity index (χ1n) is 4.52. The van der Waals surface area contributed by atoms with Crippen LogP contribution in [0.15, 0.2) is 16.7 Å². The van der Waals surface area contributed by atoms with Gasteiger partial charge in [0.1, 0.15) is 0 Å². The van der Waals surface area contributed by atoms with Crippen molar-refractivity contribution in [2.24, 2.45) is 0 Å². The van der Waals surface area contributed by atoms with Gasteiger partial charge in [-0.15, -0.1) is 0 Å². The molecule has 0 saturated carbocycles. The van der Waals surface area contributed by atoms with Crippen LogP contribution in [0.3, 0.4) is 0 Å². The van der Waals surface area contributed by atoms with E-state index in [4.69, 9.17) is 28.3 Å². The number of aryl methyl sites for hydroxylation is 1. The van der Waals surface area contributed by atoms with Gasteiger partial charge >= 0.3 is 11.9 Å². The van der Waals surface area contributed by atoms with Crippen LogP contribution in [0.2, 0.25) is 10.0 Å². The van der Waals surface area contributed by atoms with Crippen molar-refractivity contribution in [2.45, 2.75) is 6.92 Å². The summed E-state index contributed by atoms with van der Waals surface area (Å²) in [5, 5.41) is 13.1. The molecule has 1 N–H and O–H groups in total. The van der Waals surface area contributed by atoms with Crippen molar-refractivity contribution in [3.8, 4) is 11.4 Å². The maximum absolute atomic E-state index is 10.6. The van der Waals surface area contributed by atoms with Gasteiger partial charge in [0.05, 0.1) is 5.02 Å². The number of hydrogen-bond donors (Lipinski definition) is 1. The first-order chi connectivity index (χ1) is 7.99. The Balaban J connectivity index is 2.56. The topological polar surface area (TPSA) is 76.2 Å². The molecule has 1 heterocycles. The Morgan fingerprint density at radius 1 is 1.41 bits per heavy atom. The minimum absolute atomic E-state index is 0.126. The van der Waals surface area contributed by atoms with Crippen LogP contribution in [0, 0.1) is 6.92 Å². The Morgan fingerprint density at radius 2 is 2.12 bits per heavy atom. The Bertz CT molecular complexity index is 572. The van der Waals surface area contributed by atoms with E-state index >= 15 is 0 Å². The Morgan fingerprint density at radius 3 is 2.65 bits per heavy atom. The van der Waals surface area contributed by atoms with Crippen molar-refractivity contribution in [3.05, 3.63) is 33.6 Å². The molecule has 0 aliphatic rings. The zero-order valence-electron chi connectivity index (χ0n) is 8.57. The molecule has 2 aromatic rings. The molecular weight excluding hydrogens is 267 g/mol. The molecule has 0 radical (unpaired) electrons. The van der Waals surface area contributed by atoms with E-state index in [0.717, 1.165) is 5.56 Å². The lowest BCUT2D eigenvalue weighted by Gasteiger charge is -2.04. The number of carboxylic acid groups (broad SMARTS) is 1. The molecule has 2 rings (SSSR count). The van der Waals surface area contributed by atoms with E-state index in [2.05, 4.69) is 14.7 Å². The molecule has 0 bridgehead atoms. The van der Waals surface area contributed by atoms with Crippen LogP contribution >= 0.6 is 23.2 Å². The van der Waals surface area contributed by atoms with E-state index in [-0.39, 0.29) is 5.82 Å². The van der Waals surface area contributed by atoms with Crippen LogP contribution in [-0.2, 0) is 0 Å². The highest BCUT2D eigenvalue weighted by Crippen LogP contribution is 2.32. The van der Waals surface area contributed by atoms with Crippen molar-refractivity contribution >= 4 is 29.2 Å². The number of carboxylic acids is 1. The Kier molecular flexibility index (Phi) is 3.04. The molecule has 1 aromatic heterocycles. The molecule has 0 saturated heterocycles. The van der Waals surface area contributed by atoms with Crippen LogP contribution < -0.4 is 0 Å². The highest BCUT2D eigenvalue weighted by molar-refractivity contribution is 6.36. The van der Waals surface area contributed by atoms with Gasteiger partial charge in [-0.1, -0.05) is 28.4 Å². The molecule has 5 nitrogen and oxygen atoms in total. The summed E-state index contributed by atoms with van der Waals surface area (Å²) in [5.41, 5.74) is 1.24. The quantitative estimate of drug-likeness (QED) is 0.909. The van der Waals surface area contributed by atoms with Crippen molar-refractivity contribution in [1.82, 2.24) is 10.1 Å². The fourth-order valence-corrected chi connectivity index (χ4v) is 2.08. The normalized spacial score (nSPS) is 10.5. The van der Waals surface area contributed by atoms with Gasteiger partial charge in [-0.3, -0.25) is 0 Å². The summed E-state index contributed by atoms with van der Waals surface area (Å²) in [7, 11) is 0. The van der Waals surface area contributed by atoms with Crippen LogP contribution in [0.4, 0.5) is 0 Å². The lowest BCUT2D eigenvalue weighted by molar-refractivity contribution is 0.0643. The summed E-state index contributed by atoms with van der Waals surface area (Å²) < 4.78 is 4.57. The maximum Gasteiger partial charge on any atom is 0.394 e. The summed E-state index contributed by atoms with van der Waals surface area (Å²) in [6.45, 7) is 1.77. The van der Waals surface area contributed by atoms with E-state index in [0.29, 0.717) is 15.6 Å². The zero-order valence-corrected chi connectivity index (χ0v) is 10.1. The third-order valence-corrected chi connectivity index (χ3v) is 2.60. The van der Waals surface area contributed by atoms with Crippen molar-refractivity contribution in [2.75, 3.05) is 0 Å². The van der Waals surface area contributed by atoms with Crippen LogP contribution in [0.1, 0.15) is 16.2 Å². The SMILES string of the molecule is Cc1cc(Cl)cc(Cl)c1-c1noc(C(=O)O)n1. The third kappa shape index (κ3) is 2.25. The average Bonchev–Trinajstić information content (AvgIpc) is 2.65. The fourth-order valence-electron chi connectivity index (χ4n) is 1.40. The van der Waals surface area contributed by atoms with Gasteiger partial charge in [0.25, 0.3) is 0 Å². The molecule has 88 valence electrons. The number of aromatic nitrogens is 2. The monoisotopic (exact) mass is 272 g/mol. The summed E-state index contributed by atoms with van der Waals surface area (Å²) in [5.74, 6) is -1.64. The van der Waals surface area contributed by atoms with Gasteiger partial charge in [-0.2, -0.15) is 4.98 Å². The standard InChI is InChI=1S/C10H6Cl2N2O3/c1-4-2-5(11)3-6(12)7(4)8-13-9(10(15)16)17-14-8/h2-3H,1H3,(H,15,16). The number of carbonyl (C=O) groups is 1. The number of aromatic carboxylic acids is 1. The smallest absolute Gasteiger partial charge is 0.394 e. The summed E-state index contributed by atoms with van der Waals surface area (Å²) in [4.78, 5) is 14.3. The minimum Gasteiger partial charge on any atom is -0.474 e. The number of nitrogens with zero attached hydrogens (tertiary/aromatic N) is 2. The Labute approximate surface area is 106 Å². The van der Waals surface area contributed by atoms with Crippen LogP contribution in [0.5, 0.6) is 0 Å². The zero-order chi connectivity index (χ0) is 12.6. The second kappa shape index (κ2) is 4.35. The molecule has 1 aromatic carbocycles. The molecule has 0 atom stereocenters. The fraction of sp³-hybridized carbons (Fsp3) is 0.100. The summed E-state index contributed by atoms with van der Waals surface area (Å²) in [6.07, 6.45) is 0. The van der Waals surface area contributed by atoms with Crippen LogP contribution in [0.25, 0.3) is 11.4 Å². The van der Waals surface area contributed by atoms with Crippen molar-refractivity contribution in [3.63, 3.8) is 0 Å². The van der Waals surface area contributed by atoms with E-state index < -0.39 is 11.9 Å². The molecule has 0 aliphatic heterocycles. The molecule has 0 spiro atoms. The molecule has 0 fully saturated rings. The lowest BCUT2D eigenvalue weighted by Crippen LogP contribution is -1.96. The molecule has 7 heteroatoms. The lowest BCUT2D eigenvalue weighted by atomic mass is 10.1. The highest BCUT2D eigenvalue weighted by atomic mass is 35.5. The third-order valence-electron chi connectivity index (χ3n) is 2.08. The van der Waals surface area contributed by atoms with Gasteiger partial charge in [0.15, 0.2) is 0 Å². The van der Waals surface area contributed by atoms with Crippen LogP contribution in [-0.4, -0.2) is 21.2 Å². The molecule has 17 heavy (non-hydrogen) atoms. The molecule has 0 aliphatic carbocycles. The summed E-state index contributed by atoms with van der Waals surface area (Å²) >= 11 is 11.8. The van der Waals surface area contributed by atoms with Crippen molar-refractivity contribution < 1.29 is 14.4 Å². The number of hydrogen-bond acceptors (Lipinski definition) is 4. The predicted octanol–water partition coefficient (Wildman–Crippen LogP) is 3.05. The molecule has 0 unspecified atom stereocenters. The van der Waals surface area contributed by atoms with Gasteiger partial charge in [0.2, 0.25) is 5.82 Å². The number of halogens is 2.